The molecule has 8 heteroatoms. The molecule has 2 amide bonds. The van der Waals surface area contributed by atoms with Crippen LogP contribution in [0.5, 0.6) is 0 Å². The van der Waals surface area contributed by atoms with Crippen LogP contribution in [0.2, 0.25) is 0 Å². The van der Waals surface area contributed by atoms with Crippen molar-refractivity contribution in [2.45, 2.75) is 103 Å². The number of esters is 2. The first-order valence-electron chi connectivity index (χ1n) is 12.4. The van der Waals surface area contributed by atoms with E-state index in [4.69, 9.17) is 9.47 Å². The van der Waals surface area contributed by atoms with Crippen molar-refractivity contribution in [1.29, 1.82) is 0 Å². The molecule has 184 valence electrons. The predicted molar refractivity (Wildman–Crippen MR) is 122 cm³/mol. The normalized spacial score (nSPS) is 15.9. The van der Waals surface area contributed by atoms with Gasteiger partial charge in [0.2, 0.25) is 11.8 Å². The number of hydrogen-bond acceptors (Lipinski definition) is 6. The average molecular weight is 455 g/mol. The number of amides is 2. The van der Waals surface area contributed by atoms with Crippen LogP contribution in [-0.2, 0) is 28.7 Å². The summed E-state index contributed by atoms with van der Waals surface area (Å²) in [5, 5.41) is 2.69. The van der Waals surface area contributed by atoms with E-state index < -0.39 is 18.0 Å². The van der Waals surface area contributed by atoms with Crippen molar-refractivity contribution < 1.29 is 28.7 Å². The maximum absolute atomic E-state index is 12.5. The molecule has 0 aromatic heterocycles. The van der Waals surface area contributed by atoms with Crippen LogP contribution in [0, 0.1) is 0 Å². The molecule has 0 aromatic carbocycles. The van der Waals surface area contributed by atoms with Crippen LogP contribution in [0.3, 0.4) is 0 Å². The quantitative estimate of drug-likeness (QED) is 0.267. The van der Waals surface area contributed by atoms with Crippen LogP contribution >= 0.6 is 0 Å². The summed E-state index contributed by atoms with van der Waals surface area (Å²) in [5.74, 6) is -1.63. The minimum atomic E-state index is -0.890. The Morgan fingerprint density at radius 3 is 2.12 bits per heavy atom. The Morgan fingerprint density at radius 2 is 1.50 bits per heavy atom. The van der Waals surface area contributed by atoms with Gasteiger partial charge in [0.1, 0.15) is 6.04 Å². The summed E-state index contributed by atoms with van der Waals surface area (Å²) >= 11 is 0. The van der Waals surface area contributed by atoms with Gasteiger partial charge >= 0.3 is 11.9 Å². The number of carbonyl (C=O) groups is 4. The molecule has 0 spiro atoms. The van der Waals surface area contributed by atoms with E-state index in [2.05, 4.69) is 12.2 Å². The molecule has 1 fully saturated rings. The molecule has 1 heterocycles. The molecule has 1 aliphatic heterocycles. The van der Waals surface area contributed by atoms with Crippen molar-refractivity contribution in [3.63, 3.8) is 0 Å². The number of carbonyl (C=O) groups excluding carboxylic acids is 4. The molecule has 1 atom stereocenters. The van der Waals surface area contributed by atoms with Crippen molar-refractivity contribution in [2.24, 2.45) is 0 Å². The Bertz CT molecular complexity index is 581. The third-order valence-corrected chi connectivity index (χ3v) is 5.62. The molecule has 0 aromatic rings. The highest BCUT2D eigenvalue weighted by atomic mass is 16.5. The first-order chi connectivity index (χ1) is 15.5. The van der Waals surface area contributed by atoms with Crippen LogP contribution < -0.4 is 5.32 Å². The van der Waals surface area contributed by atoms with Gasteiger partial charge in [-0.15, -0.1) is 0 Å². The summed E-state index contributed by atoms with van der Waals surface area (Å²) in [6, 6.07) is -0.890. The maximum Gasteiger partial charge on any atom is 0.308 e. The van der Waals surface area contributed by atoms with E-state index >= 15 is 0 Å². The fourth-order valence-corrected chi connectivity index (χ4v) is 3.79. The number of ether oxygens (including phenoxy) is 2. The maximum atomic E-state index is 12.5. The number of hydrogen-bond donors (Lipinski definition) is 1. The molecule has 1 N–H and O–H groups in total. The Hall–Kier alpha value is -2.12. The number of unbranched alkanes of at least 4 members (excludes halogenated alkanes) is 9. The number of nitrogens with one attached hydrogen (secondary N) is 1. The van der Waals surface area contributed by atoms with E-state index in [1.807, 2.05) is 0 Å². The molecule has 0 saturated carbocycles. The van der Waals surface area contributed by atoms with Gasteiger partial charge in [-0.2, -0.15) is 0 Å². The summed E-state index contributed by atoms with van der Waals surface area (Å²) in [4.78, 5) is 49.8. The van der Waals surface area contributed by atoms with Crippen LogP contribution in [0.25, 0.3) is 0 Å². The van der Waals surface area contributed by atoms with Crippen molar-refractivity contribution in [1.82, 2.24) is 10.2 Å². The predicted octanol–water partition coefficient (Wildman–Crippen LogP) is 3.51. The van der Waals surface area contributed by atoms with Gasteiger partial charge in [-0.3, -0.25) is 19.2 Å². The van der Waals surface area contributed by atoms with Crippen LogP contribution in [-0.4, -0.2) is 61.0 Å². The zero-order chi connectivity index (χ0) is 23.6. The fourth-order valence-electron chi connectivity index (χ4n) is 3.79. The van der Waals surface area contributed by atoms with Crippen LogP contribution in [0.1, 0.15) is 97.3 Å². The second kappa shape index (κ2) is 17.4. The van der Waals surface area contributed by atoms with Crippen molar-refractivity contribution >= 4 is 23.8 Å². The number of piperazine rings is 1. The third kappa shape index (κ3) is 12.1. The lowest BCUT2D eigenvalue weighted by Crippen LogP contribution is -2.57. The lowest BCUT2D eigenvalue weighted by atomic mass is 10.1. The Labute approximate surface area is 192 Å². The molecule has 0 aliphatic carbocycles. The van der Waals surface area contributed by atoms with Gasteiger partial charge in [0.15, 0.2) is 0 Å². The Morgan fingerprint density at radius 1 is 0.875 bits per heavy atom. The molecular weight excluding hydrogens is 412 g/mol. The standard InChI is InChI=1S/C24H42N2O6/c1-3-5-6-7-8-9-10-11-12-13-18-32-23(29)19-20-24(30)25-16-17-26(20)21(27)14-15-22(28)31-4-2/h20H,3-19H2,1-2H3,(H,25,30). The van der Waals surface area contributed by atoms with Gasteiger partial charge in [-0.25, -0.2) is 0 Å². The molecule has 0 radical (unpaired) electrons. The summed E-state index contributed by atoms with van der Waals surface area (Å²) in [6.07, 6.45) is 11.7. The monoisotopic (exact) mass is 454 g/mol. The van der Waals surface area contributed by atoms with E-state index in [1.165, 1.54) is 49.8 Å². The summed E-state index contributed by atoms with van der Waals surface area (Å²) in [5.41, 5.74) is 0. The van der Waals surface area contributed by atoms with Gasteiger partial charge in [0.25, 0.3) is 0 Å². The molecule has 1 aliphatic rings. The zero-order valence-electron chi connectivity index (χ0n) is 20.0. The molecule has 1 unspecified atom stereocenters. The molecule has 8 nitrogen and oxygen atoms in total. The lowest BCUT2D eigenvalue weighted by molar-refractivity contribution is -0.153. The van der Waals surface area contributed by atoms with Gasteiger partial charge in [0, 0.05) is 19.5 Å². The lowest BCUT2D eigenvalue weighted by Gasteiger charge is -2.34. The third-order valence-electron chi connectivity index (χ3n) is 5.62. The van der Waals surface area contributed by atoms with Crippen LogP contribution in [0.15, 0.2) is 0 Å². The second-order valence-corrected chi connectivity index (χ2v) is 8.31. The largest absolute Gasteiger partial charge is 0.466 e. The fraction of sp³-hybridized carbons (Fsp3) is 0.833. The first kappa shape index (κ1) is 27.9. The molecule has 1 rings (SSSR count). The smallest absolute Gasteiger partial charge is 0.308 e. The molecular formula is C24H42N2O6. The van der Waals surface area contributed by atoms with Crippen molar-refractivity contribution in [2.75, 3.05) is 26.3 Å². The minimum absolute atomic E-state index is 0.0410. The van der Waals surface area contributed by atoms with Crippen molar-refractivity contribution in [3.8, 4) is 0 Å². The van der Waals surface area contributed by atoms with E-state index in [1.54, 1.807) is 6.92 Å². The zero-order valence-corrected chi connectivity index (χ0v) is 20.0. The summed E-state index contributed by atoms with van der Waals surface area (Å²) in [6.45, 7) is 5.15. The summed E-state index contributed by atoms with van der Waals surface area (Å²) in [7, 11) is 0. The van der Waals surface area contributed by atoms with E-state index in [0.29, 0.717) is 19.7 Å². The highest BCUT2D eigenvalue weighted by Gasteiger charge is 2.35. The SMILES string of the molecule is CCCCCCCCCCCCOC(=O)CC1C(=O)NCCN1C(=O)CCC(=O)OCC. The topological polar surface area (TPSA) is 102 Å². The highest BCUT2D eigenvalue weighted by molar-refractivity contribution is 5.92. The van der Waals surface area contributed by atoms with Gasteiger partial charge in [0.05, 0.1) is 26.1 Å². The Balaban J connectivity index is 2.24. The van der Waals surface area contributed by atoms with Gasteiger partial charge < -0.3 is 19.7 Å². The highest BCUT2D eigenvalue weighted by Crippen LogP contribution is 2.14. The van der Waals surface area contributed by atoms with Gasteiger partial charge in [-0.05, 0) is 13.3 Å². The Kier molecular flexibility index (Phi) is 15.2. The summed E-state index contributed by atoms with van der Waals surface area (Å²) < 4.78 is 10.1. The average Bonchev–Trinajstić information content (AvgIpc) is 2.77. The van der Waals surface area contributed by atoms with Crippen LogP contribution in [0.4, 0.5) is 0 Å². The molecule has 1 saturated heterocycles. The van der Waals surface area contributed by atoms with E-state index in [-0.39, 0.29) is 37.7 Å². The second-order valence-electron chi connectivity index (χ2n) is 8.31. The van der Waals surface area contributed by atoms with Crippen molar-refractivity contribution in [3.05, 3.63) is 0 Å². The number of nitrogens with zero attached hydrogens (tertiary/aromatic N) is 1. The molecule has 0 bridgehead atoms. The number of rotatable bonds is 17. The van der Waals surface area contributed by atoms with E-state index in [0.717, 1.165) is 19.3 Å². The van der Waals surface area contributed by atoms with Gasteiger partial charge in [-0.1, -0.05) is 64.7 Å². The molecule has 32 heavy (non-hydrogen) atoms. The first-order valence-corrected chi connectivity index (χ1v) is 12.4. The van der Waals surface area contributed by atoms with E-state index in [9.17, 15) is 19.2 Å². The minimum Gasteiger partial charge on any atom is -0.466 e.